The Bertz CT molecular complexity index is 6450. The summed E-state index contributed by atoms with van der Waals surface area (Å²) < 4.78 is 155. The van der Waals surface area contributed by atoms with Crippen LogP contribution in [-0.2, 0) is 104 Å². The van der Waals surface area contributed by atoms with E-state index in [1.807, 2.05) is 149 Å². The molecule has 10 aromatic carbocycles. The second-order valence-corrected chi connectivity index (χ2v) is 36.7. The van der Waals surface area contributed by atoms with Crippen molar-refractivity contribution in [1.29, 1.82) is 10.5 Å². The van der Waals surface area contributed by atoms with Gasteiger partial charge in [-0.25, -0.2) is 32.5 Å². The molecule has 4 aromatic heterocycles. The Kier molecular flexibility index (Phi) is 63.6. The number of pyridine rings is 4. The van der Waals surface area contributed by atoms with Crippen LogP contribution in [0.2, 0.25) is 0 Å². The third kappa shape index (κ3) is 50.1. The average molecular weight is 2260 g/mol. The molecular formula is C108H123F4N9O16P3PtS3. The number of nitrogens with one attached hydrogen (secondary N) is 1. The van der Waals surface area contributed by atoms with Crippen LogP contribution in [0, 0.1) is 66.7 Å². The predicted octanol–water partition coefficient (Wildman–Crippen LogP) is 25.2. The minimum atomic E-state index is -1.13. The molecule has 0 saturated carbocycles. The Morgan fingerprint density at radius 3 is 0.993 bits per heavy atom. The molecule has 0 radical (unpaired) electrons. The van der Waals surface area contributed by atoms with Crippen LogP contribution >= 0.6 is 23.8 Å². The molecule has 36 heteroatoms. The van der Waals surface area contributed by atoms with Gasteiger partial charge >= 0.3 is 55.8 Å². The van der Waals surface area contributed by atoms with E-state index in [4.69, 9.17) is 64.3 Å². The molecule has 14 aromatic rings. The summed E-state index contributed by atoms with van der Waals surface area (Å²) in [6.07, 6.45) is 3.99. The number of methoxy groups -OCH3 is 2. The minimum absolute atomic E-state index is 0. The van der Waals surface area contributed by atoms with Crippen molar-refractivity contribution in [2.45, 2.75) is 109 Å². The Balaban J connectivity index is 0.000000897. The third-order valence-corrected chi connectivity index (χ3v) is 18.4. The number of nitriles is 2. The normalized spacial score (nSPS) is 9.76. The van der Waals surface area contributed by atoms with E-state index in [0.29, 0.717) is 101 Å². The van der Waals surface area contributed by atoms with Crippen molar-refractivity contribution >= 4 is 64.4 Å². The predicted molar refractivity (Wildman–Crippen MR) is 567 cm³/mol. The molecule has 0 aliphatic carbocycles. The van der Waals surface area contributed by atoms with E-state index in [-0.39, 0.29) is 72.3 Å². The number of amides is 1. The summed E-state index contributed by atoms with van der Waals surface area (Å²) in [6.45, 7) is 23.3. The van der Waals surface area contributed by atoms with Gasteiger partial charge in [-0.05, 0) is 369 Å². The average Bonchev–Trinajstić information content (AvgIpc) is 0.803. The SMILES string of the molecule is C.C.C.CCCc1cc(C(N)=O)nc(-c2ccc(Oc3ccc(F)cc3)cc2)c1.CCCc1cc(C)nc(-c2ccc(Oc3ccc(F)cc3)cc2)c1.COc1cc(C)ccc1CN(C)Cc1cc(C#N)nc(-c2ccc(Oc3ccc(F)cc3)cc2)c1.COc1cc(C)ccc1CNCc1cc(C#N)nc(-c2ccc(Oc3ccc(F)cc3)cc2)c1.CP(C)O.C[PH](C)=O.C[PH](C)=O.O=S=O.O=S=O.O=S=O.[PtH]. The van der Waals surface area contributed by atoms with Crippen molar-refractivity contribution in [2.75, 3.05) is 61.3 Å². The number of halogens is 4. The van der Waals surface area contributed by atoms with Crippen molar-refractivity contribution < 1.29 is 111 Å². The Labute approximate surface area is 870 Å². The van der Waals surface area contributed by atoms with Crippen LogP contribution in [0.5, 0.6) is 57.5 Å². The number of rotatable bonds is 27. The number of nitrogens with two attached hydrogens (primary N) is 1. The molecule has 0 saturated heterocycles. The molecule has 4 heterocycles. The molecule has 0 unspecified atom stereocenters. The molecule has 767 valence electrons. The van der Waals surface area contributed by atoms with Crippen LogP contribution < -0.4 is 39.5 Å². The molecule has 0 spiro atoms. The van der Waals surface area contributed by atoms with Crippen molar-refractivity contribution in [3.8, 4) is 115 Å². The second kappa shape index (κ2) is 71.2. The molecule has 4 N–H and O–H groups in total. The van der Waals surface area contributed by atoms with E-state index < -0.39 is 64.4 Å². The summed E-state index contributed by atoms with van der Waals surface area (Å²) in [5.74, 6) is 4.85. The van der Waals surface area contributed by atoms with Gasteiger partial charge in [0.2, 0.25) is 0 Å². The van der Waals surface area contributed by atoms with Crippen LogP contribution in [-0.4, -0.2) is 122 Å². The number of benzene rings is 10. The van der Waals surface area contributed by atoms with Gasteiger partial charge < -0.3 is 53.5 Å². The molecule has 0 atom stereocenters. The van der Waals surface area contributed by atoms with Crippen molar-refractivity contribution in [2.24, 2.45) is 5.73 Å². The maximum absolute atomic E-state index is 13.1. The summed E-state index contributed by atoms with van der Waals surface area (Å²) in [4.78, 5) is 39.8. The number of aromatic nitrogens is 4. The van der Waals surface area contributed by atoms with Gasteiger partial charge in [-0.3, -0.25) is 14.7 Å². The number of carbonyl (C=O) groups excluding carboxylic acids is 1. The van der Waals surface area contributed by atoms with E-state index >= 15 is 0 Å². The zero-order valence-corrected chi connectivity index (χ0v) is 87.7. The summed E-state index contributed by atoms with van der Waals surface area (Å²) in [7, 11) is 2.51. The molecular weight excluding hydrogens is 2140 g/mol. The van der Waals surface area contributed by atoms with Crippen LogP contribution in [0.3, 0.4) is 0 Å². The quantitative estimate of drug-likeness (QED) is 0.0318. The fourth-order valence-electron chi connectivity index (χ4n) is 12.7. The summed E-state index contributed by atoms with van der Waals surface area (Å²) >= 11 is -2.25. The van der Waals surface area contributed by atoms with Crippen LogP contribution in [0.1, 0.15) is 121 Å². The topological polar surface area (TPSA) is 370 Å². The number of hydrogen-bond donors (Lipinski definition) is 3. The van der Waals surface area contributed by atoms with Crippen LogP contribution in [0.15, 0.2) is 279 Å². The molecule has 144 heavy (non-hydrogen) atoms. The number of ether oxygens (including phenoxy) is 6. The molecule has 25 nitrogen and oxygen atoms in total. The van der Waals surface area contributed by atoms with Gasteiger partial charge in [-0.15, -0.1) is 0 Å². The summed E-state index contributed by atoms with van der Waals surface area (Å²) in [6, 6.07) is 85.7. The fourth-order valence-corrected chi connectivity index (χ4v) is 12.7. The van der Waals surface area contributed by atoms with Gasteiger partial charge in [0, 0.05) is 73.4 Å². The first-order valence-corrected chi connectivity index (χ1v) is 52.1. The first-order valence-electron chi connectivity index (χ1n) is 43.1. The third-order valence-electron chi connectivity index (χ3n) is 18.4. The maximum atomic E-state index is 13.1. The molecule has 1 amide bonds. The van der Waals surface area contributed by atoms with Gasteiger partial charge in [0.1, 0.15) is 110 Å². The van der Waals surface area contributed by atoms with Crippen LogP contribution in [0.25, 0.3) is 45.0 Å². The standard InChI is InChI=1S/C29H26FN3O2.C28H24FN3O2.C21H19FN2O2.C21H20FNO.3C2H7OP.3CH4.3O2S.Pt.H/c1-20-4-5-23(29(14-20)34-3)19-33(2)18-21-15-25(17-31)32-28(16-21)22-6-10-26(11-7-22)35-27-12-8-24(30)9-13-27;1-19-3-4-22(28(13-19)33-2)18-31-17-20-14-24(16-30)32-27(15-20)21-5-9-25(10-6-21)34-26-11-7-23(29)8-12-26;1-2-3-14-12-19(24-20(13-14)21(23)25)15-4-8-17(9-5-15)26-18-10-6-16(22)7-11-18;1-3-4-16-13-15(2)23-21(14-16)17-5-9-19(10-6-17)24-20-11-7-18(22)8-12-20;3*1-4(2)3;;;;3*1-3-2;;/h4-16H,18-19H2,1-3H3;3-15,31H,17-18H2,1-2H3;4-13H,2-3H2,1H3,(H2,23,25);5-14H,3-4H2,1-2H3;2*4H,1-2H3;3H,1-2H3;3*1H4;;;;;. The van der Waals surface area contributed by atoms with Crippen molar-refractivity contribution in [3.05, 3.63) is 370 Å². The number of aryl methyl sites for hydroxylation is 5. The Morgan fingerprint density at radius 2 is 0.688 bits per heavy atom. The second-order valence-electron chi connectivity index (χ2n) is 30.9. The van der Waals surface area contributed by atoms with Gasteiger partial charge in [0.05, 0.1) is 52.6 Å². The zero-order chi connectivity index (χ0) is 103. The Hall–Kier alpha value is -13.3. The van der Waals surface area contributed by atoms with Crippen LogP contribution in [0.4, 0.5) is 17.6 Å². The van der Waals surface area contributed by atoms with Gasteiger partial charge in [0.25, 0.3) is 5.91 Å². The number of hydrogen-bond acceptors (Lipinski definition) is 24. The Morgan fingerprint density at radius 1 is 0.417 bits per heavy atom. The number of nitrogens with zero attached hydrogens (tertiary/aromatic N) is 7. The van der Waals surface area contributed by atoms with E-state index in [1.54, 1.807) is 127 Å². The molecule has 0 aliphatic heterocycles. The van der Waals surface area contributed by atoms with E-state index in [1.165, 1.54) is 54.1 Å². The van der Waals surface area contributed by atoms with E-state index in [2.05, 4.69) is 92.5 Å². The van der Waals surface area contributed by atoms with Crippen molar-refractivity contribution in [1.82, 2.24) is 30.2 Å². The van der Waals surface area contributed by atoms with E-state index in [0.717, 1.165) is 110 Å². The molecule has 0 bridgehead atoms. The molecule has 14 rings (SSSR count). The summed E-state index contributed by atoms with van der Waals surface area (Å²) in [5, 5.41) is 22.4. The fraction of sp³-hybridized carbons (Fsp3) is 0.231. The van der Waals surface area contributed by atoms with Crippen molar-refractivity contribution in [3.63, 3.8) is 0 Å². The van der Waals surface area contributed by atoms with E-state index in [9.17, 15) is 42.0 Å². The number of primary amides is 1. The van der Waals surface area contributed by atoms with Gasteiger partial charge in [-0.2, -0.15) is 35.8 Å². The first kappa shape index (κ1) is 129. The first-order chi connectivity index (χ1) is 67.1. The monoisotopic (exact) mass is 2260 g/mol. The summed E-state index contributed by atoms with van der Waals surface area (Å²) in [5.41, 5.74) is 22.9. The zero-order valence-electron chi connectivity index (χ0n) is 80.0. The van der Waals surface area contributed by atoms with Gasteiger partial charge in [0.15, 0.2) is 0 Å². The molecule has 0 fully saturated rings. The molecule has 0 aliphatic rings. The number of carbonyl (C=O) groups is 1. The van der Waals surface area contributed by atoms with Gasteiger partial charge in [-0.1, -0.05) is 73.2 Å².